The highest BCUT2D eigenvalue weighted by Crippen LogP contribution is 2.45. The lowest BCUT2D eigenvalue weighted by Gasteiger charge is -2.45. The number of alkyl halides is 3. The number of carbonyl (C=O) groups is 1. The lowest BCUT2D eigenvalue weighted by Crippen LogP contribution is -2.43. The largest absolute Gasteiger partial charge is 0.418 e. The van der Waals surface area contributed by atoms with Gasteiger partial charge in [0.05, 0.1) is 22.9 Å². The molecule has 0 spiro atoms. The van der Waals surface area contributed by atoms with Gasteiger partial charge < -0.3 is 4.74 Å². The Hall–Kier alpha value is -2.87. The van der Waals surface area contributed by atoms with E-state index in [0.717, 1.165) is 35.1 Å². The third-order valence-corrected chi connectivity index (χ3v) is 5.74. The van der Waals surface area contributed by atoms with Crippen LogP contribution in [0.15, 0.2) is 47.5 Å². The number of imidazole rings is 1. The Labute approximate surface area is 164 Å². The van der Waals surface area contributed by atoms with E-state index in [1.54, 1.807) is 19.2 Å². The van der Waals surface area contributed by atoms with E-state index in [-0.39, 0.29) is 22.6 Å². The third kappa shape index (κ3) is 3.17. The van der Waals surface area contributed by atoms with Gasteiger partial charge in [-0.05, 0) is 42.0 Å². The van der Waals surface area contributed by atoms with Crippen LogP contribution in [0.4, 0.5) is 13.2 Å². The van der Waals surface area contributed by atoms with E-state index >= 15 is 0 Å². The maximum atomic E-state index is 13.5. The van der Waals surface area contributed by atoms with Crippen LogP contribution in [0.2, 0.25) is 0 Å². The number of hydrogen-bond acceptors (Lipinski definition) is 3. The molecule has 0 N–H and O–H groups in total. The number of carbonyl (C=O) groups excluding carboxylic acids is 1. The molecule has 0 saturated heterocycles. The van der Waals surface area contributed by atoms with E-state index in [4.69, 9.17) is 4.74 Å². The Bertz CT molecular complexity index is 1150. The molecular weight excluding hydrogens is 385 g/mol. The van der Waals surface area contributed by atoms with Crippen molar-refractivity contribution in [3.63, 3.8) is 0 Å². The molecule has 2 aromatic heterocycles. The van der Waals surface area contributed by atoms with Crippen molar-refractivity contribution in [3.05, 3.63) is 69.9 Å². The van der Waals surface area contributed by atoms with Gasteiger partial charge in [0.2, 0.25) is 0 Å². The molecule has 3 aromatic rings. The highest BCUT2D eigenvalue weighted by atomic mass is 19.4. The van der Waals surface area contributed by atoms with Crippen LogP contribution in [0.1, 0.15) is 41.3 Å². The molecule has 0 aliphatic heterocycles. The minimum absolute atomic E-state index is 0.110. The van der Waals surface area contributed by atoms with Crippen LogP contribution in [0, 0.1) is 0 Å². The Morgan fingerprint density at radius 1 is 1.21 bits per heavy atom. The van der Waals surface area contributed by atoms with Gasteiger partial charge in [-0.15, -0.1) is 0 Å². The summed E-state index contributed by atoms with van der Waals surface area (Å²) in [5.41, 5.74) is -0.850. The monoisotopic (exact) mass is 404 g/mol. The van der Waals surface area contributed by atoms with Crippen molar-refractivity contribution in [2.45, 2.75) is 37.5 Å². The molecule has 5 nitrogen and oxygen atoms in total. The fourth-order valence-corrected chi connectivity index (χ4v) is 4.07. The van der Waals surface area contributed by atoms with Crippen molar-refractivity contribution in [1.29, 1.82) is 0 Å². The summed E-state index contributed by atoms with van der Waals surface area (Å²) in [6.07, 6.45) is -0.265. The topological polar surface area (TPSA) is 52.7 Å². The second-order valence-electron chi connectivity index (χ2n) is 7.72. The van der Waals surface area contributed by atoms with Crippen molar-refractivity contribution in [2.24, 2.45) is 0 Å². The zero-order chi connectivity index (χ0) is 21.0. The van der Waals surface area contributed by atoms with Gasteiger partial charge in [-0.2, -0.15) is 13.2 Å². The van der Waals surface area contributed by atoms with E-state index in [1.165, 1.54) is 10.8 Å². The Balaban J connectivity index is 1.86. The highest BCUT2D eigenvalue weighted by molar-refractivity contribution is 5.76. The molecule has 0 amide bonds. The van der Waals surface area contributed by atoms with Gasteiger partial charge in [0.1, 0.15) is 0 Å². The average Bonchev–Trinajstić information content (AvgIpc) is 3.00. The first kappa shape index (κ1) is 19.4. The van der Waals surface area contributed by atoms with Gasteiger partial charge in [0.25, 0.3) is 0 Å². The number of halogens is 3. The predicted octanol–water partition coefficient (Wildman–Crippen LogP) is 3.99. The molecule has 0 atom stereocenters. The minimum Gasteiger partial charge on any atom is -0.381 e. The molecule has 0 bridgehead atoms. The standard InChI is InChI=1S/C21H19F3N2O3/c1-20(8-16(9-20)29-2)14-4-3-5-15(7-14)25-11-18-17(21(22,23)24)6-13(12-27)10-26(18)19(25)28/h3-7,10-12,16H,8-9H2,1-2H3. The second kappa shape index (κ2) is 6.59. The van der Waals surface area contributed by atoms with Crippen molar-refractivity contribution in [3.8, 4) is 5.69 Å². The van der Waals surface area contributed by atoms with Gasteiger partial charge in [-0.1, -0.05) is 19.1 Å². The molecule has 0 radical (unpaired) electrons. The minimum atomic E-state index is -4.70. The first-order valence-electron chi connectivity index (χ1n) is 9.10. The van der Waals surface area contributed by atoms with Crippen LogP contribution >= 0.6 is 0 Å². The lowest BCUT2D eigenvalue weighted by molar-refractivity contribution is -0.136. The molecule has 1 fully saturated rings. The van der Waals surface area contributed by atoms with Gasteiger partial charge >= 0.3 is 11.9 Å². The van der Waals surface area contributed by atoms with Crippen molar-refractivity contribution in [1.82, 2.24) is 8.97 Å². The molecule has 0 unspecified atom stereocenters. The van der Waals surface area contributed by atoms with E-state index in [2.05, 4.69) is 6.92 Å². The average molecular weight is 404 g/mol. The predicted molar refractivity (Wildman–Crippen MR) is 101 cm³/mol. The summed E-state index contributed by atoms with van der Waals surface area (Å²) < 4.78 is 47.8. The fraction of sp³-hybridized carbons (Fsp3) is 0.333. The second-order valence-corrected chi connectivity index (χ2v) is 7.72. The maximum Gasteiger partial charge on any atom is 0.418 e. The fourth-order valence-electron chi connectivity index (χ4n) is 4.07. The molecule has 8 heteroatoms. The van der Waals surface area contributed by atoms with Gasteiger partial charge in [0.15, 0.2) is 6.29 Å². The number of ether oxygens (including phenoxy) is 1. The number of methoxy groups -OCH3 is 1. The number of aromatic nitrogens is 2. The van der Waals surface area contributed by atoms with Crippen LogP contribution in [-0.2, 0) is 16.3 Å². The number of benzene rings is 1. The first-order valence-corrected chi connectivity index (χ1v) is 9.10. The zero-order valence-corrected chi connectivity index (χ0v) is 15.9. The van der Waals surface area contributed by atoms with E-state index in [0.29, 0.717) is 12.0 Å². The Kier molecular flexibility index (Phi) is 4.42. The molecule has 1 aliphatic rings. The van der Waals surface area contributed by atoms with Crippen molar-refractivity contribution >= 4 is 11.8 Å². The Morgan fingerprint density at radius 2 is 1.93 bits per heavy atom. The zero-order valence-electron chi connectivity index (χ0n) is 15.9. The number of hydrogen-bond donors (Lipinski definition) is 0. The molecule has 1 saturated carbocycles. The van der Waals surface area contributed by atoms with Gasteiger partial charge in [0, 0.05) is 25.1 Å². The first-order chi connectivity index (χ1) is 13.7. The summed E-state index contributed by atoms with van der Waals surface area (Å²) >= 11 is 0. The third-order valence-electron chi connectivity index (χ3n) is 5.74. The highest BCUT2D eigenvalue weighted by Gasteiger charge is 2.42. The maximum absolute atomic E-state index is 13.5. The molecule has 2 heterocycles. The number of fused-ring (bicyclic) bond motifs is 1. The molecule has 1 aliphatic carbocycles. The summed E-state index contributed by atoms with van der Waals surface area (Å²) in [7, 11) is 1.67. The number of pyridine rings is 1. The lowest BCUT2D eigenvalue weighted by atomic mass is 9.64. The van der Waals surface area contributed by atoms with Crippen LogP contribution < -0.4 is 5.69 Å². The molecule has 152 valence electrons. The van der Waals surface area contributed by atoms with E-state index < -0.39 is 17.4 Å². The Morgan fingerprint density at radius 3 is 2.55 bits per heavy atom. The SMILES string of the molecule is COC1CC(C)(c2cccc(-n3cc4c(C(F)(F)F)cc(C=O)cn4c3=O)c2)C1. The summed E-state index contributed by atoms with van der Waals surface area (Å²) in [5.74, 6) is 0. The summed E-state index contributed by atoms with van der Waals surface area (Å²) in [4.78, 5) is 23.9. The smallest absolute Gasteiger partial charge is 0.381 e. The van der Waals surface area contributed by atoms with E-state index in [1.807, 2.05) is 12.1 Å². The molecule has 4 rings (SSSR count). The van der Waals surface area contributed by atoms with Crippen LogP contribution in [-0.4, -0.2) is 28.5 Å². The van der Waals surface area contributed by atoms with Crippen molar-refractivity contribution in [2.75, 3.05) is 7.11 Å². The summed E-state index contributed by atoms with van der Waals surface area (Å²) in [6, 6.07) is 7.98. The number of rotatable bonds is 4. The quantitative estimate of drug-likeness (QED) is 0.618. The van der Waals surface area contributed by atoms with Gasteiger partial charge in [-0.3, -0.25) is 13.8 Å². The molecule has 1 aromatic carbocycles. The van der Waals surface area contributed by atoms with Crippen molar-refractivity contribution < 1.29 is 22.7 Å². The van der Waals surface area contributed by atoms with Gasteiger partial charge in [-0.25, -0.2) is 4.79 Å². The molecular formula is C21H19F3N2O3. The normalized spacial score (nSPS) is 21.9. The molecule has 29 heavy (non-hydrogen) atoms. The summed E-state index contributed by atoms with van der Waals surface area (Å²) in [5, 5.41) is 0. The van der Waals surface area contributed by atoms with Crippen LogP contribution in [0.3, 0.4) is 0 Å². The number of nitrogens with zero attached hydrogens (tertiary/aromatic N) is 2. The van der Waals surface area contributed by atoms with Crippen LogP contribution in [0.5, 0.6) is 0 Å². The number of aldehydes is 1. The van der Waals surface area contributed by atoms with Crippen LogP contribution in [0.25, 0.3) is 11.2 Å². The van der Waals surface area contributed by atoms with E-state index in [9.17, 15) is 22.8 Å². The summed E-state index contributed by atoms with van der Waals surface area (Å²) in [6.45, 7) is 2.10.